The average Bonchev–Trinajstić information content (AvgIpc) is 4.28. The highest BCUT2D eigenvalue weighted by Gasteiger charge is 2.29. The van der Waals surface area contributed by atoms with Crippen molar-refractivity contribution >= 4 is 68.0 Å². The van der Waals surface area contributed by atoms with Crippen molar-refractivity contribution in [3.05, 3.63) is 192 Å². The molecule has 8 aromatic carbocycles. The van der Waals surface area contributed by atoms with Crippen LogP contribution in [0, 0.1) is 0 Å². The number of fused-ring (bicyclic) bond motifs is 20. The number of carbonyl (C=O) groups is 4. The zero-order valence-corrected chi connectivity index (χ0v) is 39.3. The zero-order chi connectivity index (χ0) is 51.9. The van der Waals surface area contributed by atoms with E-state index in [0.717, 1.165) is 0 Å². The van der Waals surface area contributed by atoms with Gasteiger partial charge in [0.05, 0.1) is 22.3 Å². The van der Waals surface area contributed by atoms with E-state index in [-0.39, 0.29) is 68.1 Å². The molecule has 0 aliphatic carbocycles. The lowest BCUT2D eigenvalue weighted by molar-refractivity contribution is 0.0687. The number of nitrogens with one attached hydrogen (secondary N) is 2. The number of aromatic amines is 2. The fourth-order valence-electron chi connectivity index (χ4n) is 10.1. The van der Waals surface area contributed by atoms with E-state index in [9.17, 15) is 39.6 Å². The van der Waals surface area contributed by atoms with E-state index < -0.39 is 23.9 Å². The Morgan fingerprint density at radius 1 is 0.276 bits per heavy atom. The molecule has 0 radical (unpaired) electrons. The molecule has 76 heavy (non-hydrogen) atoms. The van der Waals surface area contributed by atoms with Crippen LogP contribution in [-0.4, -0.2) is 84.2 Å². The summed E-state index contributed by atoms with van der Waals surface area (Å²) in [4.78, 5) is 89.8. The highest BCUT2D eigenvalue weighted by atomic mass is 16.4. The lowest BCUT2D eigenvalue weighted by Gasteiger charge is -2.10. The molecule has 0 amide bonds. The lowest BCUT2D eigenvalue weighted by Crippen LogP contribution is -2.01. The lowest BCUT2D eigenvalue weighted by atomic mass is 9.94. The fraction of sp³-hybridized carbons (Fsp3) is 0. The van der Waals surface area contributed by atoms with Crippen molar-refractivity contribution in [3.8, 4) is 90.1 Å². The zero-order valence-electron chi connectivity index (χ0n) is 39.3. The van der Waals surface area contributed by atoms with Crippen LogP contribution in [0.25, 0.3) is 134 Å². The minimum atomic E-state index is -1.21. The first-order chi connectivity index (χ1) is 36.9. The summed E-state index contributed by atoms with van der Waals surface area (Å²) in [5.41, 5.74) is 5.83. The first-order valence-corrected chi connectivity index (χ1v) is 23.7. The molecule has 16 heteroatoms. The predicted molar refractivity (Wildman–Crippen MR) is 286 cm³/mol. The Balaban J connectivity index is 1.22. The summed E-state index contributed by atoms with van der Waals surface area (Å²) in [7, 11) is 0. The molecule has 13 rings (SSSR count). The Hall–Kier alpha value is -11.0. The molecule has 16 nitrogen and oxygen atoms in total. The maximum atomic E-state index is 13.2. The van der Waals surface area contributed by atoms with E-state index >= 15 is 0 Å². The third-order valence-electron chi connectivity index (χ3n) is 13.6. The largest absolute Gasteiger partial charge is 0.478 e. The van der Waals surface area contributed by atoms with Gasteiger partial charge in [-0.25, -0.2) is 49.1 Å². The molecule has 2 aliphatic heterocycles. The van der Waals surface area contributed by atoms with Crippen molar-refractivity contribution in [1.29, 1.82) is 0 Å². The molecule has 0 saturated heterocycles. The van der Waals surface area contributed by atoms with Gasteiger partial charge in [0.1, 0.15) is 22.6 Å². The molecule has 8 bridgehead atoms. The predicted octanol–water partition coefficient (Wildman–Crippen LogP) is 12.3. The number of aromatic nitrogens is 8. The van der Waals surface area contributed by atoms with Crippen LogP contribution in [0.4, 0.5) is 0 Å². The van der Waals surface area contributed by atoms with Crippen LogP contribution in [0.5, 0.6) is 0 Å². The molecular formula is C60H34N8O8. The number of aromatic carboxylic acids is 4. The first-order valence-electron chi connectivity index (χ1n) is 23.7. The summed E-state index contributed by atoms with van der Waals surface area (Å²) in [5, 5.41) is 44.5. The van der Waals surface area contributed by atoms with Crippen molar-refractivity contribution in [1.82, 2.24) is 39.9 Å². The van der Waals surface area contributed by atoms with Gasteiger partial charge in [0.15, 0.2) is 23.3 Å². The normalized spacial score (nSPS) is 11.6. The van der Waals surface area contributed by atoms with Crippen LogP contribution >= 0.6 is 0 Å². The molecule has 0 spiro atoms. The van der Waals surface area contributed by atoms with Gasteiger partial charge < -0.3 is 30.4 Å². The second-order valence-corrected chi connectivity index (χ2v) is 18.1. The van der Waals surface area contributed by atoms with Crippen molar-refractivity contribution in [2.75, 3.05) is 0 Å². The van der Waals surface area contributed by atoms with E-state index in [1.807, 2.05) is 24.3 Å². The molecule has 3 aromatic heterocycles. The minimum Gasteiger partial charge on any atom is -0.478 e. The highest BCUT2D eigenvalue weighted by Crippen LogP contribution is 2.43. The SMILES string of the molecule is O=C(O)c1cc2c(cc1-c1ccccc1)-c1nc-2nc2[nH]c(nc3nc(nc4[nH]c(n1)c1cc(-c5ccccc5)c(C(=O)O)cc41)-c1cc(C(=O)O)c(-c4ccccc4)cc1-3)c1cc(-c3ccccc3)c(C(=O)O)cc21. The number of rotatable bonds is 8. The third-order valence-corrected chi connectivity index (χ3v) is 13.6. The van der Waals surface area contributed by atoms with Crippen molar-refractivity contribution in [2.45, 2.75) is 0 Å². The number of carboxylic acid groups (broad SMARTS) is 4. The van der Waals surface area contributed by atoms with Crippen molar-refractivity contribution < 1.29 is 39.6 Å². The standard InChI is InChI=1S/C60H34N8O8/c69-57(70)45-25-41-37(21-33(45)29-13-5-1-6-14-29)49-61-50-38-22-34(30-15-7-2-8-16-30)46(58(71)72)26-42(38)55(64-50)68-56-44-28-48(60(75)76)36(32-19-11-4-12-20-32)24-40(44)52(66-56)62-51-39-23-35(31-17-9-3-10-18-31)47(59(73)74)27-43(39)54(65-51)67-53(41)63-49/h1-28H,(H,69,70)(H,71,72)(H,73,74)(H,75,76)(H2,61,62,63,64,65,66,67,68). The second-order valence-electron chi connectivity index (χ2n) is 18.1. The van der Waals surface area contributed by atoms with Gasteiger partial charge in [-0.05, 0) is 93.0 Å². The molecule has 6 N–H and O–H groups in total. The van der Waals surface area contributed by atoms with Gasteiger partial charge in [0, 0.05) is 43.8 Å². The van der Waals surface area contributed by atoms with Gasteiger partial charge >= 0.3 is 23.9 Å². The molecule has 0 saturated carbocycles. The summed E-state index contributed by atoms with van der Waals surface area (Å²) in [6.45, 7) is 0. The molecule has 0 atom stereocenters. The van der Waals surface area contributed by atoms with Crippen LogP contribution in [0.3, 0.4) is 0 Å². The Morgan fingerprint density at radius 3 is 0.789 bits per heavy atom. The van der Waals surface area contributed by atoms with Crippen LogP contribution in [0.15, 0.2) is 170 Å². The number of H-pyrrole nitrogens is 2. The van der Waals surface area contributed by atoms with Gasteiger partial charge in [-0.3, -0.25) is 0 Å². The summed E-state index contributed by atoms with van der Waals surface area (Å²) in [5.74, 6) is -4.55. The van der Waals surface area contributed by atoms with Gasteiger partial charge in [0.25, 0.3) is 0 Å². The molecule has 11 aromatic rings. The molecule has 2 aliphatic rings. The van der Waals surface area contributed by atoms with Gasteiger partial charge in [-0.15, -0.1) is 0 Å². The number of hydrogen-bond donors (Lipinski definition) is 6. The average molecular weight is 995 g/mol. The topological polar surface area (TPSA) is 258 Å². The third kappa shape index (κ3) is 7.39. The monoisotopic (exact) mass is 994 g/mol. The van der Waals surface area contributed by atoms with Crippen LogP contribution in [0.2, 0.25) is 0 Å². The molecule has 0 unspecified atom stereocenters. The quantitative estimate of drug-likeness (QED) is 0.0828. The van der Waals surface area contributed by atoms with Crippen LogP contribution in [-0.2, 0) is 0 Å². The van der Waals surface area contributed by atoms with E-state index in [2.05, 4.69) is 9.97 Å². The Labute approximate surface area is 428 Å². The molecule has 5 heterocycles. The Morgan fingerprint density at radius 2 is 0.513 bits per heavy atom. The Kier molecular flexibility index (Phi) is 10.3. The van der Waals surface area contributed by atoms with E-state index in [0.29, 0.717) is 88.3 Å². The summed E-state index contributed by atoms with van der Waals surface area (Å²) < 4.78 is 0. The molecule has 0 fully saturated rings. The fourth-order valence-corrected chi connectivity index (χ4v) is 10.1. The maximum absolute atomic E-state index is 13.2. The first kappa shape index (κ1) is 44.9. The minimum absolute atomic E-state index is 0.0356. The smallest absolute Gasteiger partial charge is 0.336 e. The maximum Gasteiger partial charge on any atom is 0.336 e. The van der Waals surface area contributed by atoms with Gasteiger partial charge in [-0.2, -0.15) is 0 Å². The van der Waals surface area contributed by atoms with E-state index in [4.69, 9.17) is 29.9 Å². The molecular weight excluding hydrogens is 961 g/mol. The van der Waals surface area contributed by atoms with Crippen LogP contribution < -0.4 is 0 Å². The Bertz CT molecular complexity index is 4240. The van der Waals surface area contributed by atoms with E-state index in [1.165, 1.54) is 24.3 Å². The number of hydrogen-bond acceptors (Lipinski definition) is 10. The number of benzene rings is 8. The summed E-state index contributed by atoms with van der Waals surface area (Å²) in [6.07, 6.45) is 0. The summed E-state index contributed by atoms with van der Waals surface area (Å²) >= 11 is 0. The second kappa shape index (κ2) is 17.3. The van der Waals surface area contributed by atoms with E-state index in [1.54, 1.807) is 121 Å². The summed E-state index contributed by atoms with van der Waals surface area (Å²) in [6, 6.07) is 48.8. The van der Waals surface area contributed by atoms with Crippen molar-refractivity contribution in [2.24, 2.45) is 0 Å². The van der Waals surface area contributed by atoms with Gasteiger partial charge in [0.2, 0.25) is 0 Å². The molecule has 362 valence electrons. The van der Waals surface area contributed by atoms with Gasteiger partial charge in [-0.1, -0.05) is 121 Å². The number of nitrogens with zero attached hydrogens (tertiary/aromatic N) is 6. The highest BCUT2D eigenvalue weighted by molar-refractivity contribution is 6.14. The number of carboxylic acids is 4. The van der Waals surface area contributed by atoms with Crippen molar-refractivity contribution in [3.63, 3.8) is 0 Å². The van der Waals surface area contributed by atoms with Crippen LogP contribution in [0.1, 0.15) is 41.4 Å².